The highest BCUT2D eigenvalue weighted by Crippen LogP contribution is 2.32. The lowest BCUT2D eigenvalue weighted by molar-refractivity contribution is 0.306. The zero-order valence-corrected chi connectivity index (χ0v) is 20.1. The zero-order chi connectivity index (χ0) is 24.6. The van der Waals surface area contributed by atoms with Crippen molar-refractivity contribution in [2.75, 3.05) is 0 Å². The van der Waals surface area contributed by atoms with E-state index in [9.17, 15) is 4.79 Å². The summed E-state index contributed by atoms with van der Waals surface area (Å²) in [7, 11) is 0. The van der Waals surface area contributed by atoms with E-state index in [1.807, 2.05) is 66.7 Å². The van der Waals surface area contributed by atoms with E-state index < -0.39 is 0 Å². The Kier molecular flexibility index (Phi) is 7.43. The molecule has 0 amide bonds. The first-order valence-electron chi connectivity index (χ1n) is 12.3. The van der Waals surface area contributed by atoms with Gasteiger partial charge in [-0.2, -0.15) is 0 Å². The number of benzene rings is 4. The first-order valence-corrected chi connectivity index (χ1v) is 12.3. The summed E-state index contributed by atoms with van der Waals surface area (Å²) in [4.78, 5) is 12.9. The van der Waals surface area contributed by atoms with Crippen LogP contribution in [-0.4, -0.2) is 5.16 Å². The van der Waals surface area contributed by atoms with Gasteiger partial charge in [-0.3, -0.25) is 0 Å². The smallest absolute Gasteiger partial charge is 0.361 e. The van der Waals surface area contributed by atoms with Crippen molar-refractivity contribution in [1.29, 1.82) is 0 Å². The van der Waals surface area contributed by atoms with Crippen LogP contribution in [0.4, 0.5) is 0 Å². The average molecular weight is 476 g/mol. The van der Waals surface area contributed by atoms with E-state index in [1.165, 1.54) is 5.56 Å². The third-order valence-electron chi connectivity index (χ3n) is 6.41. The minimum atomic E-state index is -0.306. The number of hydrogen-bond acceptors (Lipinski definition) is 3. The number of hydrogen-bond donors (Lipinski definition) is 1. The van der Waals surface area contributed by atoms with Crippen LogP contribution in [0, 0.1) is 0 Å². The first kappa shape index (κ1) is 23.4. The molecule has 0 aliphatic rings. The number of rotatable bonds is 10. The van der Waals surface area contributed by atoms with Crippen LogP contribution in [0.5, 0.6) is 5.75 Å². The van der Waals surface area contributed by atoms with Crippen molar-refractivity contribution < 1.29 is 9.26 Å². The molecule has 4 heteroatoms. The second-order valence-corrected chi connectivity index (χ2v) is 8.91. The molecule has 4 nitrogen and oxygen atoms in total. The summed E-state index contributed by atoms with van der Waals surface area (Å²) < 4.78 is 11.3. The Morgan fingerprint density at radius 1 is 0.694 bits per heavy atom. The summed E-state index contributed by atoms with van der Waals surface area (Å²) in [5, 5.41) is 2.92. The highest BCUT2D eigenvalue weighted by Gasteiger charge is 2.25. The maximum Gasteiger partial charge on any atom is 0.361 e. The number of H-pyrrole nitrogens is 1. The lowest BCUT2D eigenvalue weighted by atomic mass is 9.84. The van der Waals surface area contributed by atoms with Crippen LogP contribution in [0.3, 0.4) is 0 Å². The third kappa shape index (κ3) is 5.66. The molecule has 0 aliphatic carbocycles. The van der Waals surface area contributed by atoms with Crippen molar-refractivity contribution in [3.63, 3.8) is 0 Å². The van der Waals surface area contributed by atoms with E-state index in [2.05, 4.69) is 53.7 Å². The summed E-state index contributed by atoms with van der Waals surface area (Å²) >= 11 is 0. The van der Waals surface area contributed by atoms with Crippen molar-refractivity contribution in [3.05, 3.63) is 159 Å². The topological polar surface area (TPSA) is 55.2 Å². The Morgan fingerprint density at radius 2 is 1.31 bits per heavy atom. The Bertz CT molecular complexity index is 1380. The third-order valence-corrected chi connectivity index (χ3v) is 6.41. The standard InChI is InChI=1S/C32H29NO3/c34-32-31(30(26-16-6-2-7-17-26)27-18-8-3-9-19-27)29(33-36-32)21-11-15-24-14-10-20-28(22-24)35-23-25-12-4-1-5-13-25/h1-10,12-14,16-20,22,30,33H,11,15,21,23H2. The van der Waals surface area contributed by atoms with E-state index >= 15 is 0 Å². The SMILES string of the molecule is O=c1o[nH]c(CCCc2cccc(OCc3ccccc3)c2)c1C(c1ccccc1)c1ccccc1. The molecular weight excluding hydrogens is 446 g/mol. The molecular formula is C32H29NO3. The zero-order valence-electron chi connectivity index (χ0n) is 20.1. The Morgan fingerprint density at radius 3 is 1.97 bits per heavy atom. The minimum absolute atomic E-state index is 0.181. The largest absolute Gasteiger partial charge is 0.489 e. The normalized spacial score (nSPS) is 11.0. The molecule has 0 fully saturated rings. The van der Waals surface area contributed by atoms with Crippen LogP contribution >= 0.6 is 0 Å². The van der Waals surface area contributed by atoms with Gasteiger partial charge in [0.25, 0.3) is 0 Å². The molecule has 0 radical (unpaired) electrons. The van der Waals surface area contributed by atoms with Crippen LogP contribution < -0.4 is 10.4 Å². The van der Waals surface area contributed by atoms with Crippen LogP contribution in [0.25, 0.3) is 0 Å². The second-order valence-electron chi connectivity index (χ2n) is 8.91. The highest BCUT2D eigenvalue weighted by atomic mass is 16.5. The van der Waals surface area contributed by atoms with Gasteiger partial charge in [-0.25, -0.2) is 9.95 Å². The van der Waals surface area contributed by atoms with E-state index in [0.717, 1.165) is 41.0 Å². The number of aryl methyl sites for hydroxylation is 2. The number of nitrogens with one attached hydrogen (secondary N) is 1. The minimum Gasteiger partial charge on any atom is -0.489 e. The fraction of sp³-hybridized carbons (Fsp3) is 0.156. The van der Waals surface area contributed by atoms with Crippen LogP contribution in [0.1, 0.15) is 45.8 Å². The second kappa shape index (κ2) is 11.4. The van der Waals surface area contributed by atoms with E-state index in [-0.39, 0.29) is 11.5 Å². The molecule has 0 atom stereocenters. The summed E-state index contributed by atoms with van der Waals surface area (Å²) in [5.41, 5.74) is 5.72. The van der Waals surface area contributed by atoms with E-state index in [0.29, 0.717) is 18.6 Å². The first-order chi connectivity index (χ1) is 17.8. The van der Waals surface area contributed by atoms with Crippen LogP contribution in [0.15, 0.2) is 125 Å². The van der Waals surface area contributed by atoms with E-state index in [1.54, 1.807) is 0 Å². The maximum atomic E-state index is 12.9. The fourth-order valence-electron chi connectivity index (χ4n) is 4.64. The summed E-state index contributed by atoms with van der Waals surface area (Å²) in [6, 6.07) is 38.7. The van der Waals surface area contributed by atoms with Gasteiger partial charge in [-0.1, -0.05) is 103 Å². The number of aromatic nitrogens is 1. The quantitative estimate of drug-likeness (QED) is 0.239. The maximum absolute atomic E-state index is 12.9. The Labute approximate surface area is 211 Å². The van der Waals surface area contributed by atoms with Gasteiger partial charge in [-0.05, 0) is 53.6 Å². The van der Waals surface area contributed by atoms with Gasteiger partial charge in [0, 0.05) is 5.92 Å². The lowest BCUT2D eigenvalue weighted by Gasteiger charge is -2.17. The molecule has 0 saturated carbocycles. The molecule has 0 saturated heterocycles. The summed E-state index contributed by atoms with van der Waals surface area (Å²) in [6.07, 6.45) is 2.46. The molecule has 1 aromatic heterocycles. The van der Waals surface area contributed by atoms with E-state index in [4.69, 9.17) is 9.26 Å². The van der Waals surface area contributed by atoms with Gasteiger partial charge in [0.2, 0.25) is 0 Å². The van der Waals surface area contributed by atoms with Crippen LogP contribution in [0.2, 0.25) is 0 Å². The molecule has 0 spiro atoms. The molecule has 5 rings (SSSR count). The molecule has 0 unspecified atom stereocenters. The van der Waals surface area contributed by atoms with Gasteiger partial charge in [0.1, 0.15) is 12.4 Å². The molecule has 4 aromatic carbocycles. The molecule has 0 aliphatic heterocycles. The van der Waals surface area contributed by atoms with Gasteiger partial charge >= 0.3 is 5.63 Å². The Hall–Kier alpha value is -4.31. The molecule has 0 bridgehead atoms. The summed E-state index contributed by atoms with van der Waals surface area (Å²) in [5.74, 6) is 0.682. The highest BCUT2D eigenvalue weighted by molar-refractivity contribution is 5.43. The molecule has 1 heterocycles. The van der Waals surface area contributed by atoms with Crippen molar-refractivity contribution in [2.24, 2.45) is 0 Å². The van der Waals surface area contributed by atoms with Crippen molar-refractivity contribution in [3.8, 4) is 5.75 Å². The molecule has 36 heavy (non-hydrogen) atoms. The fourth-order valence-corrected chi connectivity index (χ4v) is 4.64. The predicted octanol–water partition coefficient (Wildman–Crippen LogP) is 6.90. The summed E-state index contributed by atoms with van der Waals surface area (Å²) in [6.45, 7) is 0.546. The number of aromatic amines is 1. The van der Waals surface area contributed by atoms with Gasteiger partial charge < -0.3 is 9.26 Å². The monoisotopic (exact) mass is 475 g/mol. The van der Waals surface area contributed by atoms with Crippen molar-refractivity contribution in [1.82, 2.24) is 5.16 Å². The molecule has 1 N–H and O–H groups in total. The van der Waals surface area contributed by atoms with Crippen LogP contribution in [-0.2, 0) is 19.4 Å². The average Bonchev–Trinajstić information content (AvgIpc) is 3.29. The molecule has 5 aromatic rings. The van der Waals surface area contributed by atoms with Crippen molar-refractivity contribution in [2.45, 2.75) is 31.8 Å². The van der Waals surface area contributed by atoms with Crippen molar-refractivity contribution >= 4 is 0 Å². The lowest BCUT2D eigenvalue weighted by Crippen LogP contribution is -2.14. The molecule has 180 valence electrons. The Balaban J connectivity index is 1.30. The van der Waals surface area contributed by atoms with Gasteiger partial charge in [-0.15, -0.1) is 0 Å². The predicted molar refractivity (Wildman–Crippen MR) is 142 cm³/mol. The number of ether oxygens (including phenoxy) is 1. The van der Waals surface area contributed by atoms with Gasteiger partial charge in [0.15, 0.2) is 0 Å². The van der Waals surface area contributed by atoms with Gasteiger partial charge in [0.05, 0.1) is 11.3 Å².